The van der Waals surface area contributed by atoms with Gasteiger partial charge in [-0.2, -0.15) is 0 Å². The van der Waals surface area contributed by atoms with Gasteiger partial charge >= 0.3 is 0 Å². The van der Waals surface area contributed by atoms with Crippen LogP contribution in [-0.4, -0.2) is 32.0 Å². The Morgan fingerprint density at radius 3 is 2.57 bits per heavy atom. The summed E-state index contributed by atoms with van der Waals surface area (Å²) in [7, 11) is 0. The molecule has 0 spiro atoms. The average Bonchev–Trinajstić information content (AvgIpc) is 3.47. The van der Waals surface area contributed by atoms with E-state index in [4.69, 9.17) is 35.4 Å². The Morgan fingerprint density at radius 2 is 1.79 bits per heavy atom. The second-order valence-corrected chi connectivity index (χ2v) is 11.6. The van der Waals surface area contributed by atoms with E-state index in [2.05, 4.69) is 45.0 Å². The van der Waals surface area contributed by atoms with E-state index >= 15 is 0 Å². The number of anilines is 1. The highest BCUT2D eigenvalue weighted by Gasteiger charge is 2.41. The lowest BCUT2D eigenvalue weighted by atomic mass is 9.96. The van der Waals surface area contributed by atoms with Gasteiger partial charge in [0.25, 0.3) is 0 Å². The van der Waals surface area contributed by atoms with Crippen molar-refractivity contribution in [3.05, 3.63) is 124 Å². The Hall–Kier alpha value is -3.91. The number of carbonyl (C=O) groups excluding carboxylic acids is 1. The third kappa shape index (κ3) is 5.36. The molecule has 0 aliphatic carbocycles. The number of amides is 1. The van der Waals surface area contributed by atoms with E-state index in [9.17, 15) is 4.79 Å². The number of aryl methyl sites for hydroxylation is 1. The van der Waals surface area contributed by atoms with Crippen LogP contribution in [0.25, 0.3) is 16.5 Å². The van der Waals surface area contributed by atoms with Gasteiger partial charge < -0.3 is 20.1 Å². The Bertz CT molecular complexity index is 1800. The first-order valence-corrected chi connectivity index (χ1v) is 14.9. The standard InChI is InChI=1S/C33H29Cl2N5OS/c1-20-18-25(21(2)40(20)29-14-13-23(34)19-26(29)35)32-31(28-11-5-6-16-36-28)38-33(42)39(32)17-15-30(41)37-27-12-7-9-22-8-3-4-10-24(22)27/h3-14,16,18-19,31-32H,15,17H2,1-2H3,(H,37,41)(H,38,42)/t31-,32-/m0/s1. The van der Waals surface area contributed by atoms with Crippen LogP contribution in [0.5, 0.6) is 0 Å². The number of halogens is 2. The Balaban J connectivity index is 1.32. The van der Waals surface area contributed by atoms with Crippen LogP contribution in [0, 0.1) is 13.8 Å². The molecule has 3 heterocycles. The van der Waals surface area contributed by atoms with Crippen molar-refractivity contribution in [3.8, 4) is 5.69 Å². The van der Waals surface area contributed by atoms with Crippen molar-refractivity contribution in [2.45, 2.75) is 32.4 Å². The number of aromatic nitrogens is 2. The third-order valence-electron chi connectivity index (χ3n) is 7.78. The first-order valence-electron chi connectivity index (χ1n) is 13.7. The van der Waals surface area contributed by atoms with Crippen molar-refractivity contribution in [2.24, 2.45) is 0 Å². The van der Waals surface area contributed by atoms with Crippen molar-refractivity contribution in [1.29, 1.82) is 0 Å². The Labute approximate surface area is 260 Å². The molecule has 1 aliphatic heterocycles. The van der Waals surface area contributed by atoms with Crippen LogP contribution >= 0.6 is 35.4 Å². The lowest BCUT2D eigenvalue weighted by Crippen LogP contribution is -2.33. The number of nitrogens with zero attached hydrogens (tertiary/aromatic N) is 3. The first kappa shape index (κ1) is 28.2. The molecule has 3 aromatic carbocycles. The Kier molecular flexibility index (Phi) is 7.90. The highest BCUT2D eigenvalue weighted by molar-refractivity contribution is 7.80. The number of thiocarbonyl (C=S) groups is 1. The molecule has 2 atom stereocenters. The number of hydrogen-bond acceptors (Lipinski definition) is 3. The molecule has 2 aromatic heterocycles. The monoisotopic (exact) mass is 613 g/mol. The number of carbonyl (C=O) groups is 1. The minimum atomic E-state index is -0.200. The SMILES string of the molecule is Cc1cc([C@H]2[C@H](c3ccccn3)NC(=S)N2CCC(=O)Nc2cccc3ccccc23)c(C)n1-c1ccc(Cl)cc1Cl. The summed E-state index contributed by atoms with van der Waals surface area (Å²) in [5.74, 6) is -0.0763. The van der Waals surface area contributed by atoms with Gasteiger partial charge in [0.05, 0.1) is 28.5 Å². The first-order chi connectivity index (χ1) is 20.3. The Morgan fingerprint density at radius 1 is 1.00 bits per heavy atom. The van der Waals surface area contributed by atoms with Crippen LogP contribution in [0.15, 0.2) is 91.1 Å². The quantitative estimate of drug-likeness (QED) is 0.182. The lowest BCUT2D eigenvalue weighted by Gasteiger charge is -2.28. The second kappa shape index (κ2) is 11.8. The van der Waals surface area contributed by atoms with E-state index in [-0.39, 0.29) is 24.4 Å². The summed E-state index contributed by atoms with van der Waals surface area (Å²) in [6, 6.07) is 27.1. The van der Waals surface area contributed by atoms with Crippen LogP contribution in [0.1, 0.15) is 41.1 Å². The molecule has 1 aliphatic rings. The highest BCUT2D eigenvalue weighted by Crippen LogP contribution is 2.42. The summed E-state index contributed by atoms with van der Waals surface area (Å²) in [5.41, 5.74) is 5.66. The number of fused-ring (bicyclic) bond motifs is 1. The number of hydrogen-bond donors (Lipinski definition) is 2. The molecule has 1 saturated heterocycles. The number of benzene rings is 3. The van der Waals surface area contributed by atoms with Gasteiger partial charge in [0.15, 0.2) is 5.11 Å². The average molecular weight is 615 g/mol. The van der Waals surface area contributed by atoms with Gasteiger partial charge in [-0.3, -0.25) is 9.78 Å². The number of pyridine rings is 1. The van der Waals surface area contributed by atoms with E-state index in [1.54, 1.807) is 12.3 Å². The molecule has 9 heteroatoms. The summed E-state index contributed by atoms with van der Waals surface area (Å²) in [6.07, 6.45) is 2.05. The molecule has 0 radical (unpaired) electrons. The minimum Gasteiger partial charge on any atom is -0.352 e. The van der Waals surface area contributed by atoms with Crippen molar-refractivity contribution < 1.29 is 4.79 Å². The number of rotatable bonds is 7. The van der Waals surface area contributed by atoms with E-state index in [1.807, 2.05) is 72.8 Å². The van der Waals surface area contributed by atoms with Crippen molar-refractivity contribution >= 4 is 62.9 Å². The number of nitrogens with one attached hydrogen (secondary N) is 2. The molecule has 1 fully saturated rings. The molecule has 0 saturated carbocycles. The van der Waals surface area contributed by atoms with E-state index in [0.29, 0.717) is 21.7 Å². The molecule has 42 heavy (non-hydrogen) atoms. The van der Waals surface area contributed by atoms with Gasteiger partial charge in [0.1, 0.15) is 0 Å². The topological polar surface area (TPSA) is 62.2 Å². The third-order valence-corrected chi connectivity index (χ3v) is 8.67. The maximum atomic E-state index is 13.2. The van der Waals surface area contributed by atoms with E-state index in [0.717, 1.165) is 44.8 Å². The minimum absolute atomic E-state index is 0.0763. The van der Waals surface area contributed by atoms with Crippen LogP contribution in [0.3, 0.4) is 0 Å². The smallest absolute Gasteiger partial charge is 0.226 e. The largest absolute Gasteiger partial charge is 0.352 e. The van der Waals surface area contributed by atoms with Crippen molar-refractivity contribution in [3.63, 3.8) is 0 Å². The van der Waals surface area contributed by atoms with Crippen LogP contribution < -0.4 is 10.6 Å². The molecule has 0 unspecified atom stereocenters. The summed E-state index contributed by atoms with van der Waals surface area (Å²) < 4.78 is 2.14. The van der Waals surface area contributed by atoms with Crippen molar-refractivity contribution in [1.82, 2.24) is 19.8 Å². The summed E-state index contributed by atoms with van der Waals surface area (Å²) >= 11 is 18.7. The van der Waals surface area contributed by atoms with Crippen molar-refractivity contribution in [2.75, 3.05) is 11.9 Å². The predicted molar refractivity (Wildman–Crippen MR) is 175 cm³/mol. The van der Waals surface area contributed by atoms with E-state index < -0.39 is 0 Å². The van der Waals surface area contributed by atoms with Gasteiger partial charge in [-0.15, -0.1) is 0 Å². The summed E-state index contributed by atoms with van der Waals surface area (Å²) in [6.45, 7) is 4.57. The molecule has 2 N–H and O–H groups in total. The maximum Gasteiger partial charge on any atom is 0.226 e. The lowest BCUT2D eigenvalue weighted by molar-refractivity contribution is -0.116. The zero-order chi connectivity index (χ0) is 29.4. The van der Waals surface area contributed by atoms with Crippen LogP contribution in [0.4, 0.5) is 5.69 Å². The highest BCUT2D eigenvalue weighted by atomic mass is 35.5. The molecule has 0 bridgehead atoms. The van der Waals surface area contributed by atoms with E-state index in [1.165, 1.54) is 0 Å². The normalized spacial score (nSPS) is 16.6. The molecular formula is C33H29Cl2N5OS. The predicted octanol–water partition coefficient (Wildman–Crippen LogP) is 7.95. The molecular weight excluding hydrogens is 585 g/mol. The zero-order valence-corrected chi connectivity index (χ0v) is 25.5. The van der Waals surface area contributed by atoms with Gasteiger partial charge in [-0.1, -0.05) is 65.7 Å². The molecule has 6 nitrogen and oxygen atoms in total. The molecule has 1 amide bonds. The fraction of sp³-hybridized carbons (Fsp3) is 0.182. The molecule has 5 aromatic rings. The summed E-state index contributed by atoms with van der Waals surface area (Å²) in [4.78, 5) is 20.0. The van der Waals surface area contributed by atoms with Gasteiger partial charge in [0, 0.05) is 46.6 Å². The fourth-order valence-corrected chi connectivity index (χ4v) is 6.70. The van der Waals surface area contributed by atoms with Gasteiger partial charge in [-0.25, -0.2) is 0 Å². The maximum absolute atomic E-state index is 13.2. The summed E-state index contributed by atoms with van der Waals surface area (Å²) in [5, 5.41) is 10.4. The van der Waals surface area contributed by atoms with Gasteiger partial charge in [-0.05, 0) is 79.5 Å². The molecule has 6 rings (SSSR count). The second-order valence-electron chi connectivity index (χ2n) is 10.4. The fourth-order valence-electron chi connectivity index (χ4n) is 5.87. The molecule has 212 valence electrons. The van der Waals surface area contributed by atoms with Crippen LogP contribution in [-0.2, 0) is 4.79 Å². The van der Waals surface area contributed by atoms with Crippen LogP contribution in [0.2, 0.25) is 10.0 Å². The zero-order valence-electron chi connectivity index (χ0n) is 23.1. The van der Waals surface area contributed by atoms with Gasteiger partial charge in [0.2, 0.25) is 5.91 Å².